The normalized spacial score (nSPS) is 21.8. The lowest BCUT2D eigenvalue weighted by Gasteiger charge is -2.19. The standard InChI is InChI=1S/C27H32N/c1-6-16(2)19-9-10-23-22(13-19)12-18(4)28(5)27(23)24-15-26-21-8-7-20(14-21)25(26)11-17(24)3/h9-13,15-16,20-21H,6-8,14H2,1-5H3/q+1/i12D. The first kappa shape index (κ1) is 16.8. The van der Waals surface area contributed by atoms with E-state index in [4.69, 9.17) is 1.37 Å². The zero-order valence-electron chi connectivity index (χ0n) is 18.9. The lowest BCUT2D eigenvalue weighted by Crippen LogP contribution is -2.35. The van der Waals surface area contributed by atoms with Gasteiger partial charge in [-0.2, -0.15) is 4.57 Å². The molecule has 28 heavy (non-hydrogen) atoms. The first-order valence-electron chi connectivity index (χ1n) is 11.5. The molecule has 5 rings (SSSR count). The molecule has 0 N–H and O–H groups in total. The number of pyridine rings is 1. The van der Waals surface area contributed by atoms with E-state index in [0.29, 0.717) is 12.0 Å². The van der Waals surface area contributed by atoms with Crippen molar-refractivity contribution in [2.45, 2.75) is 71.1 Å². The lowest BCUT2D eigenvalue weighted by molar-refractivity contribution is -0.665. The van der Waals surface area contributed by atoms with E-state index in [2.05, 4.69) is 69.6 Å². The summed E-state index contributed by atoms with van der Waals surface area (Å²) in [6.07, 6.45) is 5.21. The van der Waals surface area contributed by atoms with Crippen molar-refractivity contribution in [3.63, 3.8) is 0 Å². The minimum Gasteiger partial charge on any atom is -0.198 e. The van der Waals surface area contributed by atoms with Crippen LogP contribution in [0.15, 0.2) is 36.4 Å². The third-order valence-electron chi connectivity index (χ3n) is 7.63. The van der Waals surface area contributed by atoms with E-state index < -0.39 is 0 Å². The highest BCUT2D eigenvalue weighted by Gasteiger charge is 2.37. The van der Waals surface area contributed by atoms with Crippen LogP contribution in [0.5, 0.6) is 0 Å². The fraction of sp³-hybridized carbons (Fsp3) is 0.444. The minimum absolute atomic E-state index is 0.522. The number of aryl methyl sites for hydroxylation is 1. The third kappa shape index (κ3) is 2.55. The Hall–Kier alpha value is -2.15. The molecular weight excluding hydrogens is 338 g/mol. The highest BCUT2D eigenvalue weighted by atomic mass is 14.9. The molecule has 2 bridgehead atoms. The third-order valence-corrected chi connectivity index (χ3v) is 7.63. The molecule has 1 saturated carbocycles. The van der Waals surface area contributed by atoms with E-state index in [9.17, 15) is 0 Å². The number of nitrogens with zero attached hydrogens (tertiary/aromatic N) is 1. The quantitative estimate of drug-likeness (QED) is 0.444. The second-order valence-corrected chi connectivity index (χ2v) is 9.24. The Kier molecular flexibility index (Phi) is 3.86. The molecule has 0 spiro atoms. The van der Waals surface area contributed by atoms with Crippen molar-refractivity contribution in [3.05, 3.63) is 64.3 Å². The Morgan fingerprint density at radius 2 is 1.82 bits per heavy atom. The van der Waals surface area contributed by atoms with Gasteiger partial charge in [0.15, 0.2) is 5.69 Å². The van der Waals surface area contributed by atoms with E-state index in [1.54, 1.807) is 11.1 Å². The number of hydrogen-bond acceptors (Lipinski definition) is 0. The molecule has 1 fully saturated rings. The Morgan fingerprint density at radius 1 is 1.11 bits per heavy atom. The van der Waals surface area contributed by atoms with E-state index in [1.165, 1.54) is 47.0 Å². The van der Waals surface area contributed by atoms with Gasteiger partial charge in [0.2, 0.25) is 5.69 Å². The molecule has 2 aliphatic carbocycles. The molecule has 0 radical (unpaired) electrons. The summed E-state index contributed by atoms with van der Waals surface area (Å²) in [6, 6.07) is 12.4. The summed E-state index contributed by atoms with van der Waals surface area (Å²) in [7, 11) is 2.13. The van der Waals surface area contributed by atoms with E-state index in [0.717, 1.165) is 29.3 Å². The summed E-state index contributed by atoms with van der Waals surface area (Å²) in [5.41, 5.74) is 9.58. The summed E-state index contributed by atoms with van der Waals surface area (Å²) >= 11 is 0. The van der Waals surface area contributed by atoms with Crippen molar-refractivity contribution < 1.29 is 5.94 Å². The van der Waals surface area contributed by atoms with Gasteiger partial charge in [0, 0.05) is 13.0 Å². The second kappa shape index (κ2) is 6.44. The highest BCUT2D eigenvalue weighted by Crippen LogP contribution is 2.54. The molecule has 0 saturated heterocycles. The van der Waals surface area contributed by atoms with Crippen LogP contribution in [0.25, 0.3) is 22.0 Å². The molecule has 3 aromatic rings. The van der Waals surface area contributed by atoms with Crippen molar-refractivity contribution in [1.82, 2.24) is 0 Å². The van der Waals surface area contributed by atoms with E-state index in [-0.39, 0.29) is 0 Å². The van der Waals surface area contributed by atoms with Gasteiger partial charge in [0.1, 0.15) is 7.05 Å². The Bertz CT molecular complexity index is 1140. The van der Waals surface area contributed by atoms with Crippen molar-refractivity contribution in [2.75, 3.05) is 0 Å². The first-order chi connectivity index (χ1) is 13.9. The number of hydrogen-bond donors (Lipinski definition) is 0. The Morgan fingerprint density at radius 3 is 2.54 bits per heavy atom. The minimum atomic E-state index is 0.522. The van der Waals surface area contributed by atoms with Crippen LogP contribution in [0.1, 0.15) is 86.6 Å². The predicted molar refractivity (Wildman–Crippen MR) is 118 cm³/mol. The summed E-state index contributed by atoms with van der Waals surface area (Å²) in [5, 5.41) is 2.30. The smallest absolute Gasteiger partial charge is 0.198 e. The molecule has 3 atom stereocenters. The molecule has 1 aromatic heterocycles. The molecule has 0 aliphatic heterocycles. The van der Waals surface area contributed by atoms with Crippen LogP contribution in [0.4, 0.5) is 0 Å². The van der Waals surface area contributed by atoms with Gasteiger partial charge in [-0.05, 0) is 90.1 Å². The van der Waals surface area contributed by atoms with Crippen molar-refractivity contribution in [3.8, 4) is 11.3 Å². The van der Waals surface area contributed by atoms with Crippen LogP contribution in [0.2, 0.25) is 0 Å². The maximum absolute atomic E-state index is 8.81. The van der Waals surface area contributed by atoms with Crippen LogP contribution in [0.3, 0.4) is 0 Å². The zero-order chi connectivity index (χ0) is 20.4. The largest absolute Gasteiger partial charge is 0.220 e. The highest BCUT2D eigenvalue weighted by molar-refractivity contribution is 5.94. The van der Waals surface area contributed by atoms with Gasteiger partial charge < -0.3 is 0 Å². The average Bonchev–Trinajstić information content (AvgIpc) is 3.34. The predicted octanol–water partition coefficient (Wildman–Crippen LogP) is 6.83. The first-order valence-corrected chi connectivity index (χ1v) is 11.0. The van der Waals surface area contributed by atoms with Crippen LogP contribution in [-0.2, 0) is 7.05 Å². The SMILES string of the molecule is [2H]c1c(C)[n+](C)c(-c2cc3c(cc2C)C2CCC3C2)c2ccc(C(C)CC)cc12. The zero-order valence-corrected chi connectivity index (χ0v) is 17.9. The summed E-state index contributed by atoms with van der Waals surface area (Å²) in [4.78, 5) is 0. The van der Waals surface area contributed by atoms with Crippen molar-refractivity contribution in [1.29, 1.82) is 0 Å². The molecule has 2 aliphatic rings. The molecule has 144 valence electrons. The van der Waals surface area contributed by atoms with Crippen LogP contribution in [-0.4, -0.2) is 0 Å². The maximum atomic E-state index is 8.81. The van der Waals surface area contributed by atoms with Crippen LogP contribution in [0, 0.1) is 13.8 Å². The number of fused-ring (bicyclic) bond motifs is 6. The molecule has 1 heterocycles. The van der Waals surface area contributed by atoms with Gasteiger partial charge in [-0.25, -0.2) is 0 Å². The monoisotopic (exact) mass is 371 g/mol. The second-order valence-electron chi connectivity index (χ2n) is 9.24. The van der Waals surface area contributed by atoms with Gasteiger partial charge in [-0.1, -0.05) is 32.0 Å². The topological polar surface area (TPSA) is 3.88 Å². The number of aromatic nitrogens is 1. The van der Waals surface area contributed by atoms with E-state index >= 15 is 0 Å². The fourth-order valence-corrected chi connectivity index (χ4v) is 5.62. The Labute approximate surface area is 170 Å². The Balaban J connectivity index is 1.79. The molecule has 1 nitrogen and oxygen atoms in total. The average molecular weight is 372 g/mol. The molecule has 3 unspecified atom stereocenters. The molecule has 2 aromatic carbocycles. The van der Waals surface area contributed by atoms with Gasteiger partial charge in [0.25, 0.3) is 0 Å². The molecular formula is C27H32N+. The van der Waals surface area contributed by atoms with Crippen molar-refractivity contribution in [2.24, 2.45) is 7.05 Å². The summed E-state index contributed by atoms with van der Waals surface area (Å²) < 4.78 is 11.1. The van der Waals surface area contributed by atoms with Crippen molar-refractivity contribution >= 4 is 10.8 Å². The van der Waals surface area contributed by atoms with Gasteiger partial charge >= 0.3 is 0 Å². The van der Waals surface area contributed by atoms with Gasteiger partial charge in [-0.3, -0.25) is 0 Å². The fourth-order valence-electron chi connectivity index (χ4n) is 5.62. The summed E-state index contributed by atoms with van der Waals surface area (Å²) in [6.45, 7) is 8.87. The molecule has 0 amide bonds. The molecule has 1 heteroatoms. The van der Waals surface area contributed by atoms with Crippen LogP contribution >= 0.6 is 0 Å². The van der Waals surface area contributed by atoms with E-state index in [1.807, 2.05) is 0 Å². The lowest BCUT2D eigenvalue weighted by atomic mass is 9.86. The van der Waals surface area contributed by atoms with Gasteiger partial charge in [-0.15, -0.1) is 0 Å². The summed E-state index contributed by atoms with van der Waals surface area (Å²) in [5.74, 6) is 2.08. The van der Waals surface area contributed by atoms with Gasteiger partial charge in [0.05, 0.1) is 12.3 Å². The number of rotatable bonds is 3. The van der Waals surface area contributed by atoms with Crippen LogP contribution < -0.4 is 4.57 Å². The maximum Gasteiger partial charge on any atom is 0.220 e. The number of benzene rings is 2.